The zero-order chi connectivity index (χ0) is 28.8. The molecule has 0 bridgehead atoms. The summed E-state index contributed by atoms with van der Waals surface area (Å²) in [7, 11) is 1.57. The summed E-state index contributed by atoms with van der Waals surface area (Å²) in [6, 6.07) is 18.4. The Morgan fingerprint density at radius 3 is 2.17 bits per heavy atom. The van der Waals surface area contributed by atoms with Crippen molar-refractivity contribution in [2.45, 2.75) is 39.0 Å². The quantitative estimate of drug-likeness (QED) is 0.286. The van der Waals surface area contributed by atoms with Crippen molar-refractivity contribution in [2.24, 2.45) is 4.99 Å². The first kappa shape index (κ1) is 29.2. The van der Waals surface area contributed by atoms with Gasteiger partial charge in [-0.15, -0.1) is 0 Å². The second-order valence-corrected chi connectivity index (χ2v) is 10.2. The third-order valence-corrected chi connectivity index (χ3v) is 6.69. The van der Waals surface area contributed by atoms with E-state index in [2.05, 4.69) is 5.32 Å². The molecular formula is C30H31Cl2N3O5. The minimum atomic E-state index is -0.579. The van der Waals surface area contributed by atoms with Gasteiger partial charge in [0, 0.05) is 16.1 Å². The fourth-order valence-electron chi connectivity index (χ4n) is 4.48. The number of methoxy groups -OCH3 is 1. The predicted octanol–water partition coefficient (Wildman–Crippen LogP) is 6.61. The Morgan fingerprint density at radius 1 is 0.975 bits per heavy atom. The van der Waals surface area contributed by atoms with Crippen LogP contribution in [0.25, 0.3) is 0 Å². The lowest BCUT2D eigenvalue weighted by atomic mass is 9.94. The highest BCUT2D eigenvalue weighted by molar-refractivity contribution is 6.30. The van der Waals surface area contributed by atoms with Crippen molar-refractivity contribution in [3.8, 4) is 11.5 Å². The number of hydrogen-bond donors (Lipinski definition) is 1. The van der Waals surface area contributed by atoms with Crippen LogP contribution in [0, 0.1) is 0 Å². The molecule has 0 radical (unpaired) electrons. The van der Waals surface area contributed by atoms with Crippen LogP contribution >= 0.6 is 23.2 Å². The van der Waals surface area contributed by atoms with Crippen LogP contribution in [0.2, 0.25) is 10.0 Å². The first-order chi connectivity index (χ1) is 19.2. The molecule has 4 rings (SSSR count). The van der Waals surface area contributed by atoms with E-state index in [-0.39, 0.29) is 19.3 Å². The summed E-state index contributed by atoms with van der Waals surface area (Å²) in [5.41, 5.74) is 2.24. The predicted molar refractivity (Wildman–Crippen MR) is 156 cm³/mol. The Balaban J connectivity index is 1.89. The average Bonchev–Trinajstić information content (AvgIpc) is 3.32. The van der Waals surface area contributed by atoms with Gasteiger partial charge in [-0.05, 0) is 68.3 Å². The number of carbonyl (C=O) groups is 2. The largest absolute Gasteiger partial charge is 0.497 e. The van der Waals surface area contributed by atoms with Crippen LogP contribution in [0.1, 0.15) is 49.5 Å². The van der Waals surface area contributed by atoms with Gasteiger partial charge in [0.2, 0.25) is 0 Å². The molecular weight excluding hydrogens is 553 g/mol. The van der Waals surface area contributed by atoms with E-state index in [1.54, 1.807) is 55.3 Å². The molecule has 1 heterocycles. The summed E-state index contributed by atoms with van der Waals surface area (Å²) >= 11 is 12.4. The minimum Gasteiger partial charge on any atom is -0.497 e. The van der Waals surface area contributed by atoms with Gasteiger partial charge in [0.25, 0.3) is 0 Å². The third kappa shape index (κ3) is 6.69. The number of rotatable bonds is 9. The molecule has 2 amide bonds. The number of aliphatic imine (C=N–C) groups is 1. The van der Waals surface area contributed by atoms with E-state index in [0.717, 1.165) is 11.1 Å². The van der Waals surface area contributed by atoms with Crippen molar-refractivity contribution in [1.82, 2.24) is 10.2 Å². The van der Waals surface area contributed by atoms with Crippen LogP contribution in [-0.4, -0.2) is 49.1 Å². The first-order valence-corrected chi connectivity index (χ1v) is 13.6. The highest BCUT2D eigenvalue weighted by Gasteiger charge is 2.43. The SMILES string of the molecule is CCOC(=O)CNC(=O)N1C(c2ccc(OC)cc2OC(C)C)=N[C@H](c2ccc(Cl)cc2)[C@@H]1c1ccc(Cl)cc1. The monoisotopic (exact) mass is 583 g/mol. The van der Waals surface area contributed by atoms with Crippen molar-refractivity contribution in [1.29, 1.82) is 0 Å². The minimum absolute atomic E-state index is 0.155. The van der Waals surface area contributed by atoms with E-state index in [1.807, 2.05) is 44.2 Å². The fraction of sp³-hybridized carbons (Fsp3) is 0.300. The highest BCUT2D eigenvalue weighted by Crippen LogP contribution is 2.45. The second-order valence-electron chi connectivity index (χ2n) is 9.31. The Bertz CT molecular complexity index is 1380. The number of hydrogen-bond acceptors (Lipinski definition) is 6. The van der Waals surface area contributed by atoms with Crippen molar-refractivity contribution < 1.29 is 23.8 Å². The number of esters is 1. The number of carbonyl (C=O) groups excluding carboxylic acids is 2. The lowest BCUT2D eigenvalue weighted by Crippen LogP contribution is -2.46. The van der Waals surface area contributed by atoms with Crippen molar-refractivity contribution in [3.63, 3.8) is 0 Å². The normalized spacial score (nSPS) is 16.5. The Labute approximate surface area is 243 Å². The molecule has 3 aromatic carbocycles. The zero-order valence-electron chi connectivity index (χ0n) is 22.7. The number of amidine groups is 1. The zero-order valence-corrected chi connectivity index (χ0v) is 24.2. The Kier molecular flexibility index (Phi) is 9.55. The maximum atomic E-state index is 13.9. The van der Waals surface area contributed by atoms with E-state index in [9.17, 15) is 9.59 Å². The Morgan fingerprint density at radius 2 is 1.60 bits per heavy atom. The van der Waals surface area contributed by atoms with E-state index in [4.69, 9.17) is 42.4 Å². The summed E-state index contributed by atoms with van der Waals surface area (Å²) < 4.78 is 16.6. The van der Waals surface area contributed by atoms with Gasteiger partial charge in [-0.1, -0.05) is 47.5 Å². The first-order valence-electron chi connectivity index (χ1n) is 12.9. The Hall–Kier alpha value is -3.75. The number of urea groups is 1. The lowest BCUT2D eigenvalue weighted by molar-refractivity contribution is -0.141. The lowest BCUT2D eigenvalue weighted by Gasteiger charge is -2.30. The van der Waals surface area contributed by atoms with Gasteiger partial charge in [-0.2, -0.15) is 0 Å². The molecule has 0 unspecified atom stereocenters. The van der Waals surface area contributed by atoms with Crippen LogP contribution in [0.4, 0.5) is 4.79 Å². The molecule has 40 heavy (non-hydrogen) atoms. The number of nitrogens with zero attached hydrogens (tertiary/aromatic N) is 2. The van der Waals surface area contributed by atoms with Gasteiger partial charge < -0.3 is 19.5 Å². The smallest absolute Gasteiger partial charge is 0.325 e. The third-order valence-electron chi connectivity index (χ3n) is 6.19. The second kappa shape index (κ2) is 13.1. The summed E-state index contributed by atoms with van der Waals surface area (Å²) in [6.45, 7) is 5.44. The highest BCUT2D eigenvalue weighted by atomic mass is 35.5. The maximum absolute atomic E-state index is 13.9. The summed E-state index contributed by atoms with van der Waals surface area (Å²) in [5.74, 6) is 0.932. The van der Waals surface area contributed by atoms with Gasteiger partial charge in [0.15, 0.2) is 0 Å². The molecule has 3 aromatic rings. The molecule has 210 valence electrons. The van der Waals surface area contributed by atoms with Crippen molar-refractivity contribution >= 4 is 41.0 Å². The van der Waals surface area contributed by atoms with E-state index in [0.29, 0.717) is 32.9 Å². The van der Waals surface area contributed by atoms with Crippen LogP contribution in [0.5, 0.6) is 11.5 Å². The standard InChI is InChI=1S/C30H31Cl2N3O5/c1-5-39-26(36)17-33-30(37)35-28(20-8-12-22(32)13-9-20)27(19-6-10-21(31)11-7-19)34-29(35)24-15-14-23(38-4)16-25(24)40-18(2)3/h6-16,18,27-28H,5,17H2,1-4H3,(H,33,37)/t27-,28+/m1/s1. The molecule has 0 saturated heterocycles. The average molecular weight is 585 g/mol. The molecule has 2 atom stereocenters. The molecule has 0 saturated carbocycles. The van der Waals surface area contributed by atoms with Gasteiger partial charge >= 0.3 is 12.0 Å². The van der Waals surface area contributed by atoms with Crippen LogP contribution in [0.15, 0.2) is 71.7 Å². The number of ether oxygens (including phenoxy) is 3. The van der Waals surface area contributed by atoms with Gasteiger partial charge in [0.1, 0.15) is 29.9 Å². The molecule has 1 N–H and O–H groups in total. The number of amides is 2. The number of benzene rings is 3. The van der Waals surface area contributed by atoms with Gasteiger partial charge in [-0.3, -0.25) is 14.7 Å². The van der Waals surface area contributed by atoms with E-state index >= 15 is 0 Å². The topological polar surface area (TPSA) is 89.5 Å². The van der Waals surface area contributed by atoms with E-state index in [1.165, 1.54) is 0 Å². The number of halogens is 2. The molecule has 10 heteroatoms. The maximum Gasteiger partial charge on any atom is 0.325 e. The van der Waals surface area contributed by atoms with E-state index < -0.39 is 24.1 Å². The molecule has 1 aliphatic rings. The summed E-state index contributed by atoms with van der Waals surface area (Å²) in [5, 5.41) is 3.85. The van der Waals surface area contributed by atoms with Crippen molar-refractivity contribution in [2.75, 3.05) is 20.3 Å². The fourth-order valence-corrected chi connectivity index (χ4v) is 4.73. The molecule has 8 nitrogen and oxygen atoms in total. The summed E-state index contributed by atoms with van der Waals surface area (Å²) in [6.07, 6.45) is -0.155. The number of nitrogens with one attached hydrogen (secondary N) is 1. The molecule has 1 aliphatic heterocycles. The van der Waals surface area contributed by atoms with Crippen LogP contribution < -0.4 is 14.8 Å². The molecule has 0 aliphatic carbocycles. The van der Waals surface area contributed by atoms with Crippen LogP contribution in [0.3, 0.4) is 0 Å². The molecule has 0 fully saturated rings. The van der Waals surface area contributed by atoms with Gasteiger partial charge in [-0.25, -0.2) is 4.79 Å². The van der Waals surface area contributed by atoms with Crippen molar-refractivity contribution in [3.05, 3.63) is 93.5 Å². The molecule has 0 aromatic heterocycles. The van der Waals surface area contributed by atoms with Crippen LogP contribution in [-0.2, 0) is 9.53 Å². The van der Waals surface area contributed by atoms with Gasteiger partial charge in [0.05, 0.1) is 31.4 Å². The molecule has 0 spiro atoms. The summed E-state index contributed by atoms with van der Waals surface area (Å²) in [4.78, 5) is 32.7.